The Morgan fingerprint density at radius 2 is 1.88 bits per heavy atom. The van der Waals surface area contributed by atoms with Gasteiger partial charge in [0.15, 0.2) is 0 Å². The highest BCUT2D eigenvalue weighted by molar-refractivity contribution is 9.10. The number of halogens is 2. The zero-order chi connectivity index (χ0) is 12.7. The Balaban J connectivity index is 2.57. The Hall–Kier alpha value is -0.0600. The number of unbranched alkanes of at least 4 members (excludes halogenated alkanes) is 1. The molecule has 0 aliphatic heterocycles. The number of ether oxygens (including phenoxy) is 2. The summed E-state index contributed by atoms with van der Waals surface area (Å²) in [6.07, 6.45) is 2.06. The van der Waals surface area contributed by atoms with Crippen molar-refractivity contribution in [1.82, 2.24) is 0 Å². The minimum atomic E-state index is 0.742. The van der Waals surface area contributed by atoms with E-state index in [1.54, 1.807) is 7.11 Å². The van der Waals surface area contributed by atoms with Gasteiger partial charge in [-0.05, 0) is 37.5 Å². The van der Waals surface area contributed by atoms with Crippen molar-refractivity contribution in [2.24, 2.45) is 0 Å². The molecule has 0 aromatic heterocycles. The zero-order valence-corrected chi connectivity index (χ0v) is 13.4. The third-order valence-electron chi connectivity index (χ3n) is 2.45. The number of methoxy groups -OCH3 is 1. The lowest BCUT2D eigenvalue weighted by Crippen LogP contribution is -2.03. The summed E-state index contributed by atoms with van der Waals surface area (Å²) in [5, 5.41) is 0.806. The van der Waals surface area contributed by atoms with Crippen LogP contribution in [-0.2, 0) is 10.1 Å². The Morgan fingerprint density at radius 1 is 1.18 bits per heavy atom. The molecule has 0 aliphatic rings. The Morgan fingerprint density at radius 3 is 2.53 bits per heavy atom. The summed E-state index contributed by atoms with van der Waals surface area (Å²) >= 11 is 6.99. The maximum Gasteiger partial charge on any atom is 0.126 e. The average Bonchev–Trinajstić information content (AvgIpc) is 2.30. The van der Waals surface area contributed by atoms with Gasteiger partial charge in [-0.2, -0.15) is 0 Å². The van der Waals surface area contributed by atoms with E-state index in [1.807, 2.05) is 0 Å². The SMILES string of the molecule is COCCCCOc1c(C)cc(Br)cc1CBr. The second-order valence-electron chi connectivity index (χ2n) is 3.89. The van der Waals surface area contributed by atoms with Gasteiger partial charge in [-0.15, -0.1) is 0 Å². The van der Waals surface area contributed by atoms with Crippen LogP contribution in [0, 0.1) is 6.92 Å². The van der Waals surface area contributed by atoms with Crippen LogP contribution in [0.1, 0.15) is 24.0 Å². The fourth-order valence-corrected chi connectivity index (χ4v) is 2.66. The Bertz CT molecular complexity index is 354. The van der Waals surface area contributed by atoms with Gasteiger partial charge in [-0.25, -0.2) is 0 Å². The van der Waals surface area contributed by atoms with Crippen LogP contribution in [0.15, 0.2) is 16.6 Å². The molecule has 0 fully saturated rings. The first-order valence-corrected chi connectivity index (χ1v) is 7.57. The number of hydrogen-bond acceptors (Lipinski definition) is 2. The first kappa shape index (κ1) is 15.0. The fraction of sp³-hybridized carbons (Fsp3) is 0.538. The van der Waals surface area contributed by atoms with Gasteiger partial charge in [0.25, 0.3) is 0 Å². The minimum Gasteiger partial charge on any atom is -0.493 e. The molecular formula is C13H18Br2O2. The van der Waals surface area contributed by atoms with E-state index in [-0.39, 0.29) is 0 Å². The van der Waals surface area contributed by atoms with Crippen molar-refractivity contribution in [2.45, 2.75) is 25.1 Å². The van der Waals surface area contributed by atoms with Crippen LogP contribution in [0.3, 0.4) is 0 Å². The molecule has 0 N–H and O–H groups in total. The van der Waals surface area contributed by atoms with Crippen LogP contribution >= 0.6 is 31.9 Å². The lowest BCUT2D eigenvalue weighted by Gasteiger charge is -2.13. The fourth-order valence-electron chi connectivity index (χ4n) is 1.63. The summed E-state index contributed by atoms with van der Waals surface area (Å²) in [5.41, 5.74) is 2.35. The Labute approximate surface area is 120 Å². The molecule has 1 aromatic carbocycles. The smallest absolute Gasteiger partial charge is 0.126 e. The van der Waals surface area contributed by atoms with Crippen molar-refractivity contribution in [3.8, 4) is 5.75 Å². The highest BCUT2D eigenvalue weighted by Gasteiger charge is 2.07. The summed E-state index contributed by atoms with van der Waals surface area (Å²) in [6.45, 7) is 3.61. The average molecular weight is 366 g/mol. The van der Waals surface area contributed by atoms with Gasteiger partial charge in [-0.1, -0.05) is 31.9 Å². The summed E-state index contributed by atoms with van der Waals surface area (Å²) in [6, 6.07) is 4.17. The second-order valence-corrected chi connectivity index (χ2v) is 5.37. The lowest BCUT2D eigenvalue weighted by atomic mass is 10.1. The van der Waals surface area contributed by atoms with Crippen LogP contribution in [0.2, 0.25) is 0 Å². The molecular weight excluding hydrogens is 348 g/mol. The van der Waals surface area contributed by atoms with Crippen molar-refractivity contribution < 1.29 is 9.47 Å². The van der Waals surface area contributed by atoms with E-state index < -0.39 is 0 Å². The summed E-state index contributed by atoms with van der Waals surface area (Å²) < 4.78 is 12.0. The van der Waals surface area contributed by atoms with Crippen molar-refractivity contribution in [3.05, 3.63) is 27.7 Å². The van der Waals surface area contributed by atoms with Crippen molar-refractivity contribution in [2.75, 3.05) is 20.3 Å². The normalized spacial score (nSPS) is 10.6. The van der Waals surface area contributed by atoms with Crippen molar-refractivity contribution in [1.29, 1.82) is 0 Å². The molecule has 0 bridgehead atoms. The number of benzene rings is 1. The van der Waals surface area contributed by atoms with Crippen LogP contribution in [-0.4, -0.2) is 20.3 Å². The molecule has 4 heteroatoms. The molecule has 0 saturated carbocycles. The molecule has 0 spiro atoms. The first-order valence-electron chi connectivity index (χ1n) is 5.65. The van der Waals surface area contributed by atoms with Gasteiger partial charge in [0, 0.05) is 29.1 Å². The van der Waals surface area contributed by atoms with Gasteiger partial charge in [0.05, 0.1) is 6.61 Å². The number of alkyl halides is 1. The van der Waals surface area contributed by atoms with E-state index in [4.69, 9.17) is 9.47 Å². The molecule has 0 amide bonds. The first-order chi connectivity index (χ1) is 8.19. The molecule has 96 valence electrons. The monoisotopic (exact) mass is 364 g/mol. The van der Waals surface area contributed by atoms with Crippen molar-refractivity contribution >= 4 is 31.9 Å². The number of rotatable bonds is 7. The summed E-state index contributed by atoms with van der Waals surface area (Å²) in [4.78, 5) is 0. The molecule has 1 aromatic rings. The highest BCUT2D eigenvalue weighted by Crippen LogP contribution is 2.29. The van der Waals surface area contributed by atoms with Crippen LogP contribution in [0.4, 0.5) is 0 Å². The van der Waals surface area contributed by atoms with E-state index in [0.29, 0.717) is 0 Å². The molecule has 0 heterocycles. The van der Waals surface area contributed by atoms with Gasteiger partial charge in [0.2, 0.25) is 0 Å². The highest BCUT2D eigenvalue weighted by atomic mass is 79.9. The standard InChI is InChI=1S/C13H18Br2O2/c1-10-7-12(15)8-11(9-14)13(10)17-6-4-3-5-16-2/h7-8H,3-6,9H2,1-2H3. The molecule has 1 rings (SSSR count). The van der Waals surface area contributed by atoms with Gasteiger partial charge < -0.3 is 9.47 Å². The molecule has 0 radical (unpaired) electrons. The molecule has 2 nitrogen and oxygen atoms in total. The largest absolute Gasteiger partial charge is 0.493 e. The van der Waals surface area contributed by atoms with E-state index in [1.165, 1.54) is 11.1 Å². The predicted molar refractivity (Wildman–Crippen MR) is 78.1 cm³/mol. The predicted octanol–water partition coefficient (Wildman–Crippen LogP) is 4.46. The lowest BCUT2D eigenvalue weighted by molar-refractivity contribution is 0.184. The molecule has 0 saturated heterocycles. The van der Waals surface area contributed by atoms with Gasteiger partial charge in [0.1, 0.15) is 5.75 Å². The van der Waals surface area contributed by atoms with Crippen LogP contribution in [0.5, 0.6) is 5.75 Å². The third-order valence-corrected chi connectivity index (χ3v) is 3.51. The van der Waals surface area contributed by atoms with Crippen LogP contribution < -0.4 is 4.74 Å². The number of hydrogen-bond donors (Lipinski definition) is 0. The van der Waals surface area contributed by atoms with E-state index >= 15 is 0 Å². The Kier molecular flexibility index (Phi) is 7.16. The quantitative estimate of drug-likeness (QED) is 0.524. The van der Waals surface area contributed by atoms with E-state index in [9.17, 15) is 0 Å². The van der Waals surface area contributed by atoms with Gasteiger partial charge in [-0.3, -0.25) is 0 Å². The zero-order valence-electron chi connectivity index (χ0n) is 10.3. The maximum absolute atomic E-state index is 5.85. The summed E-state index contributed by atoms with van der Waals surface area (Å²) in [7, 11) is 1.72. The minimum absolute atomic E-state index is 0.742. The molecule has 0 aliphatic carbocycles. The molecule has 0 unspecified atom stereocenters. The van der Waals surface area contributed by atoms with E-state index in [2.05, 4.69) is 50.9 Å². The van der Waals surface area contributed by atoms with Crippen molar-refractivity contribution in [3.63, 3.8) is 0 Å². The second kappa shape index (κ2) is 8.11. The topological polar surface area (TPSA) is 18.5 Å². The van der Waals surface area contributed by atoms with E-state index in [0.717, 1.165) is 41.6 Å². The van der Waals surface area contributed by atoms with Gasteiger partial charge >= 0.3 is 0 Å². The third kappa shape index (κ3) is 4.98. The van der Waals surface area contributed by atoms with Crippen LogP contribution in [0.25, 0.3) is 0 Å². The number of aryl methyl sites for hydroxylation is 1. The molecule has 0 atom stereocenters. The maximum atomic E-state index is 5.85. The summed E-state index contributed by atoms with van der Waals surface area (Å²) in [5.74, 6) is 1.00. The molecule has 17 heavy (non-hydrogen) atoms.